The zero-order valence-corrected chi connectivity index (χ0v) is 11.9. The minimum absolute atomic E-state index is 0.296. The molecule has 0 spiro atoms. The van der Waals surface area contributed by atoms with Crippen LogP contribution in [0.15, 0.2) is 41.0 Å². The van der Waals surface area contributed by atoms with Crippen LogP contribution in [0.3, 0.4) is 0 Å². The smallest absolute Gasteiger partial charge is 0.146 e. The molecule has 0 saturated heterocycles. The summed E-state index contributed by atoms with van der Waals surface area (Å²) in [4.78, 5) is 4.03. The van der Waals surface area contributed by atoms with E-state index in [0.29, 0.717) is 17.7 Å². The molecule has 0 bridgehead atoms. The van der Waals surface area contributed by atoms with E-state index >= 15 is 0 Å². The van der Waals surface area contributed by atoms with Crippen LogP contribution in [0.2, 0.25) is 0 Å². The van der Waals surface area contributed by atoms with Crippen LogP contribution in [0.4, 0.5) is 8.78 Å². The summed E-state index contributed by atoms with van der Waals surface area (Å²) < 4.78 is 28.2. The summed E-state index contributed by atoms with van der Waals surface area (Å²) in [5, 5.41) is 2.97. The predicted molar refractivity (Wildman–Crippen MR) is 73.8 cm³/mol. The molecule has 0 aliphatic heterocycles. The predicted octanol–water partition coefficient (Wildman–Crippen LogP) is 3.63. The number of nitrogens with one attached hydrogen (secondary N) is 1. The van der Waals surface area contributed by atoms with Gasteiger partial charge in [0.1, 0.15) is 11.6 Å². The molecule has 1 aromatic carbocycles. The maximum atomic E-state index is 13.7. The Morgan fingerprint density at radius 3 is 2.74 bits per heavy atom. The summed E-state index contributed by atoms with van der Waals surface area (Å²) in [5.41, 5.74) is 0.808. The molecule has 1 heterocycles. The molecule has 0 aliphatic rings. The summed E-state index contributed by atoms with van der Waals surface area (Å²) in [6, 6.07) is 7.23. The summed E-state index contributed by atoms with van der Waals surface area (Å²) in [6.45, 7) is 0. The van der Waals surface area contributed by atoms with Crippen molar-refractivity contribution in [3.8, 4) is 0 Å². The normalized spacial score (nSPS) is 12.4. The first-order valence-electron chi connectivity index (χ1n) is 5.83. The van der Waals surface area contributed by atoms with Gasteiger partial charge in [0.15, 0.2) is 0 Å². The van der Waals surface area contributed by atoms with Crippen LogP contribution in [0, 0.1) is 11.6 Å². The number of nitrogens with zero attached hydrogens (tertiary/aromatic N) is 1. The lowest BCUT2D eigenvalue weighted by Crippen LogP contribution is -2.21. The van der Waals surface area contributed by atoms with E-state index in [-0.39, 0.29) is 11.9 Å². The van der Waals surface area contributed by atoms with E-state index in [1.807, 2.05) is 0 Å². The van der Waals surface area contributed by atoms with Gasteiger partial charge in [-0.2, -0.15) is 0 Å². The van der Waals surface area contributed by atoms with Crippen LogP contribution in [-0.2, 0) is 6.42 Å². The molecule has 0 fully saturated rings. The van der Waals surface area contributed by atoms with Crippen molar-refractivity contribution in [3.63, 3.8) is 0 Å². The van der Waals surface area contributed by atoms with Crippen LogP contribution < -0.4 is 5.32 Å². The molecule has 5 heteroatoms. The molecule has 19 heavy (non-hydrogen) atoms. The van der Waals surface area contributed by atoms with Crippen molar-refractivity contribution in [2.24, 2.45) is 0 Å². The molecule has 0 radical (unpaired) electrons. The molecule has 1 unspecified atom stereocenters. The maximum absolute atomic E-state index is 13.7. The quantitative estimate of drug-likeness (QED) is 0.928. The van der Waals surface area contributed by atoms with E-state index < -0.39 is 5.82 Å². The van der Waals surface area contributed by atoms with Crippen LogP contribution in [0.25, 0.3) is 0 Å². The highest BCUT2D eigenvalue weighted by Crippen LogP contribution is 2.23. The van der Waals surface area contributed by atoms with E-state index in [4.69, 9.17) is 0 Å². The van der Waals surface area contributed by atoms with Crippen molar-refractivity contribution >= 4 is 15.9 Å². The third kappa shape index (κ3) is 3.36. The Bertz CT molecular complexity index is 575. The van der Waals surface area contributed by atoms with Crippen LogP contribution in [0.1, 0.15) is 17.3 Å². The highest BCUT2D eigenvalue weighted by molar-refractivity contribution is 9.10. The second-order valence-electron chi connectivity index (χ2n) is 4.15. The monoisotopic (exact) mass is 326 g/mol. The van der Waals surface area contributed by atoms with Crippen molar-refractivity contribution in [3.05, 3.63) is 63.9 Å². The largest absolute Gasteiger partial charge is 0.311 e. The number of likely N-dealkylation sites (N-methyl/N-ethyl adjacent to an activating group) is 1. The van der Waals surface area contributed by atoms with E-state index in [0.717, 1.165) is 4.47 Å². The lowest BCUT2D eigenvalue weighted by molar-refractivity contribution is 0.505. The second kappa shape index (κ2) is 6.21. The van der Waals surface area contributed by atoms with Gasteiger partial charge < -0.3 is 5.32 Å². The molecule has 100 valence electrons. The SMILES string of the molecule is CNC(Cc1cc(Br)ccc1F)c1ncccc1F. The Balaban J connectivity index is 2.29. The molecule has 1 atom stereocenters. The number of pyridine rings is 1. The summed E-state index contributed by atoms with van der Waals surface area (Å²) in [7, 11) is 1.70. The summed E-state index contributed by atoms with van der Waals surface area (Å²) >= 11 is 3.30. The van der Waals surface area contributed by atoms with Crippen molar-refractivity contribution in [2.45, 2.75) is 12.5 Å². The number of hydrogen-bond acceptors (Lipinski definition) is 2. The van der Waals surface area contributed by atoms with Gasteiger partial charge in [-0.15, -0.1) is 0 Å². The maximum Gasteiger partial charge on any atom is 0.146 e. The molecular formula is C14H13BrF2N2. The van der Waals surface area contributed by atoms with Gasteiger partial charge in [-0.1, -0.05) is 15.9 Å². The molecule has 0 amide bonds. The average molecular weight is 327 g/mol. The lowest BCUT2D eigenvalue weighted by atomic mass is 10.0. The van der Waals surface area contributed by atoms with Crippen molar-refractivity contribution in [1.29, 1.82) is 0 Å². The third-order valence-corrected chi connectivity index (χ3v) is 3.39. The Labute approximate surface area is 119 Å². The average Bonchev–Trinajstić information content (AvgIpc) is 2.41. The summed E-state index contributed by atoms with van der Waals surface area (Å²) in [6.07, 6.45) is 1.86. The fourth-order valence-corrected chi connectivity index (χ4v) is 2.32. The second-order valence-corrected chi connectivity index (χ2v) is 5.07. The molecule has 2 aromatic rings. The lowest BCUT2D eigenvalue weighted by Gasteiger charge is -2.16. The third-order valence-electron chi connectivity index (χ3n) is 2.90. The highest BCUT2D eigenvalue weighted by Gasteiger charge is 2.17. The van der Waals surface area contributed by atoms with Gasteiger partial charge in [0, 0.05) is 10.7 Å². The van der Waals surface area contributed by atoms with Gasteiger partial charge in [-0.05, 0) is 49.4 Å². The van der Waals surface area contributed by atoms with Gasteiger partial charge in [0.2, 0.25) is 0 Å². The molecule has 1 aromatic heterocycles. The van der Waals surface area contributed by atoms with Gasteiger partial charge in [0.05, 0.1) is 11.7 Å². The number of aromatic nitrogens is 1. The Kier molecular flexibility index (Phi) is 4.61. The van der Waals surface area contributed by atoms with Crippen molar-refractivity contribution < 1.29 is 8.78 Å². The molecule has 2 rings (SSSR count). The van der Waals surface area contributed by atoms with E-state index in [2.05, 4.69) is 26.2 Å². The van der Waals surface area contributed by atoms with E-state index in [1.54, 1.807) is 19.2 Å². The van der Waals surface area contributed by atoms with Gasteiger partial charge in [0.25, 0.3) is 0 Å². The number of halogens is 3. The number of rotatable bonds is 4. The summed E-state index contributed by atoms with van der Waals surface area (Å²) in [5.74, 6) is -0.697. The minimum Gasteiger partial charge on any atom is -0.311 e. The Hall–Kier alpha value is -1.33. The number of hydrogen-bond donors (Lipinski definition) is 1. The van der Waals surface area contributed by atoms with Crippen molar-refractivity contribution in [2.75, 3.05) is 7.05 Å². The standard InChI is InChI=1S/C14H13BrF2N2/c1-18-13(14-12(17)3-2-6-19-14)8-9-7-10(15)4-5-11(9)16/h2-7,13,18H,8H2,1H3. The minimum atomic E-state index is -0.391. The highest BCUT2D eigenvalue weighted by atomic mass is 79.9. The Morgan fingerprint density at radius 1 is 1.26 bits per heavy atom. The first-order valence-corrected chi connectivity index (χ1v) is 6.62. The molecular weight excluding hydrogens is 314 g/mol. The van der Waals surface area contributed by atoms with Crippen molar-refractivity contribution in [1.82, 2.24) is 10.3 Å². The van der Waals surface area contributed by atoms with Crippen LogP contribution in [-0.4, -0.2) is 12.0 Å². The zero-order chi connectivity index (χ0) is 13.8. The zero-order valence-electron chi connectivity index (χ0n) is 10.3. The molecule has 0 saturated carbocycles. The first kappa shape index (κ1) is 14.1. The first-order chi connectivity index (χ1) is 9.11. The fraction of sp³-hybridized carbons (Fsp3) is 0.214. The molecule has 1 N–H and O–H groups in total. The number of benzene rings is 1. The van der Waals surface area contributed by atoms with E-state index in [9.17, 15) is 8.78 Å². The van der Waals surface area contributed by atoms with E-state index in [1.165, 1.54) is 24.4 Å². The van der Waals surface area contributed by atoms with Gasteiger partial charge in [-0.3, -0.25) is 4.98 Å². The fourth-order valence-electron chi connectivity index (χ4n) is 1.91. The van der Waals surface area contributed by atoms with Crippen LogP contribution >= 0.6 is 15.9 Å². The van der Waals surface area contributed by atoms with Crippen LogP contribution in [0.5, 0.6) is 0 Å². The van der Waals surface area contributed by atoms with Gasteiger partial charge in [-0.25, -0.2) is 8.78 Å². The molecule has 0 aliphatic carbocycles. The molecule has 2 nitrogen and oxygen atoms in total. The Morgan fingerprint density at radius 2 is 2.05 bits per heavy atom. The van der Waals surface area contributed by atoms with Gasteiger partial charge >= 0.3 is 0 Å². The topological polar surface area (TPSA) is 24.9 Å².